The molecule has 6 heteroatoms. The molecule has 0 aromatic heterocycles. The average Bonchev–Trinajstić information content (AvgIpc) is 2.49. The molecule has 0 aliphatic carbocycles. The molecular weight excluding hydrogens is 294 g/mol. The summed E-state index contributed by atoms with van der Waals surface area (Å²) in [5.74, 6) is 1.98. The van der Waals surface area contributed by atoms with Gasteiger partial charge in [0.1, 0.15) is 0 Å². The largest absolute Gasteiger partial charge is 0.493 e. The molecule has 0 bridgehead atoms. The van der Waals surface area contributed by atoms with E-state index in [4.69, 9.17) is 18.9 Å². The van der Waals surface area contributed by atoms with Crippen molar-refractivity contribution in [3.63, 3.8) is 0 Å². The first-order valence-corrected chi connectivity index (χ1v) is 6.84. The molecule has 0 aliphatic rings. The number of nitrogens with one attached hydrogen (secondary N) is 1. The van der Waals surface area contributed by atoms with Gasteiger partial charge in [0.25, 0.3) is 0 Å². The Balaban J connectivity index is 0.00000400. The van der Waals surface area contributed by atoms with Gasteiger partial charge in [-0.2, -0.15) is 0 Å². The van der Waals surface area contributed by atoms with E-state index < -0.39 is 0 Å². The Kier molecular flexibility index (Phi) is 10.8. The lowest BCUT2D eigenvalue weighted by Crippen LogP contribution is -2.16. The lowest BCUT2D eigenvalue weighted by molar-refractivity contribution is 0.144. The number of benzene rings is 1. The highest BCUT2D eigenvalue weighted by atomic mass is 35.5. The molecular formula is C15H26ClNO4. The van der Waals surface area contributed by atoms with Gasteiger partial charge in [-0.3, -0.25) is 0 Å². The van der Waals surface area contributed by atoms with E-state index in [1.54, 1.807) is 21.3 Å². The molecule has 122 valence electrons. The molecule has 1 rings (SSSR count). The summed E-state index contributed by atoms with van der Waals surface area (Å²) in [5.41, 5.74) is 1.09. The second-order valence-electron chi connectivity index (χ2n) is 4.26. The maximum atomic E-state index is 5.33. The van der Waals surface area contributed by atoms with Gasteiger partial charge in [0.05, 0.1) is 21.3 Å². The van der Waals surface area contributed by atoms with E-state index in [1.165, 1.54) is 0 Å². The molecule has 0 heterocycles. The van der Waals surface area contributed by atoms with Crippen LogP contribution in [0.5, 0.6) is 17.2 Å². The summed E-state index contributed by atoms with van der Waals surface area (Å²) in [7, 11) is 4.85. The number of hydrogen-bond donors (Lipinski definition) is 1. The molecule has 0 aliphatic heterocycles. The van der Waals surface area contributed by atoms with Gasteiger partial charge in [-0.1, -0.05) is 0 Å². The molecule has 5 nitrogen and oxygen atoms in total. The predicted octanol–water partition coefficient (Wildman–Crippen LogP) is 2.65. The van der Waals surface area contributed by atoms with E-state index in [-0.39, 0.29) is 12.4 Å². The van der Waals surface area contributed by atoms with Gasteiger partial charge in [0.2, 0.25) is 5.75 Å². The molecule has 1 N–H and O–H groups in total. The van der Waals surface area contributed by atoms with Crippen LogP contribution in [0.2, 0.25) is 0 Å². The lowest BCUT2D eigenvalue weighted by Gasteiger charge is -2.14. The third kappa shape index (κ3) is 6.42. The Morgan fingerprint density at radius 2 is 1.62 bits per heavy atom. The van der Waals surface area contributed by atoms with E-state index in [2.05, 4.69) is 5.32 Å². The third-order valence-corrected chi connectivity index (χ3v) is 2.90. The van der Waals surface area contributed by atoms with Crippen molar-refractivity contribution in [2.24, 2.45) is 0 Å². The Bertz CT molecular complexity index is 376. The van der Waals surface area contributed by atoms with Crippen LogP contribution in [0.4, 0.5) is 0 Å². The first-order chi connectivity index (χ1) is 9.76. The van der Waals surface area contributed by atoms with Gasteiger partial charge in [0, 0.05) is 19.8 Å². The van der Waals surface area contributed by atoms with Crippen molar-refractivity contribution in [3.05, 3.63) is 17.7 Å². The lowest BCUT2D eigenvalue weighted by atomic mass is 10.1. The van der Waals surface area contributed by atoms with Crippen molar-refractivity contribution in [2.75, 3.05) is 41.1 Å². The molecule has 21 heavy (non-hydrogen) atoms. The highest BCUT2D eigenvalue weighted by Crippen LogP contribution is 2.38. The molecule has 0 spiro atoms. The Labute approximate surface area is 133 Å². The van der Waals surface area contributed by atoms with E-state index in [1.807, 2.05) is 19.1 Å². The van der Waals surface area contributed by atoms with E-state index in [0.29, 0.717) is 17.2 Å². The zero-order valence-electron chi connectivity index (χ0n) is 13.2. The fraction of sp³-hybridized carbons (Fsp3) is 0.600. The molecule has 0 saturated carbocycles. The summed E-state index contributed by atoms with van der Waals surface area (Å²) in [4.78, 5) is 0. The van der Waals surface area contributed by atoms with Crippen LogP contribution in [0, 0.1) is 0 Å². The standard InChI is InChI=1S/C15H25NO4.ClH/c1-5-20-8-6-7-16-11-12-9-13(17-2)15(19-4)14(10-12)18-3;/h9-10,16H,5-8,11H2,1-4H3;1H. The second kappa shape index (κ2) is 11.5. The summed E-state index contributed by atoms with van der Waals surface area (Å²) in [6, 6.07) is 3.91. The normalized spacial score (nSPS) is 9.90. The Hall–Kier alpha value is -1.17. The summed E-state index contributed by atoms with van der Waals surface area (Å²) in [5, 5.41) is 3.37. The van der Waals surface area contributed by atoms with Gasteiger partial charge in [-0.15, -0.1) is 12.4 Å². The highest BCUT2D eigenvalue weighted by Gasteiger charge is 2.12. The zero-order chi connectivity index (χ0) is 14.8. The van der Waals surface area contributed by atoms with Crippen molar-refractivity contribution < 1.29 is 18.9 Å². The average molecular weight is 320 g/mol. The fourth-order valence-corrected chi connectivity index (χ4v) is 1.91. The van der Waals surface area contributed by atoms with Gasteiger partial charge in [0.15, 0.2) is 11.5 Å². The second-order valence-corrected chi connectivity index (χ2v) is 4.26. The van der Waals surface area contributed by atoms with Gasteiger partial charge < -0.3 is 24.3 Å². The first-order valence-electron chi connectivity index (χ1n) is 6.84. The zero-order valence-corrected chi connectivity index (χ0v) is 14.0. The number of ether oxygens (including phenoxy) is 4. The Morgan fingerprint density at radius 1 is 1.00 bits per heavy atom. The van der Waals surface area contributed by atoms with Crippen LogP contribution < -0.4 is 19.5 Å². The van der Waals surface area contributed by atoms with Crippen molar-refractivity contribution >= 4 is 12.4 Å². The summed E-state index contributed by atoms with van der Waals surface area (Å²) in [6.07, 6.45) is 0.998. The minimum Gasteiger partial charge on any atom is -0.493 e. The topological polar surface area (TPSA) is 49.0 Å². The maximum Gasteiger partial charge on any atom is 0.203 e. The quantitative estimate of drug-likeness (QED) is 0.672. The van der Waals surface area contributed by atoms with E-state index in [0.717, 1.165) is 38.3 Å². The summed E-state index contributed by atoms with van der Waals surface area (Å²) in [6.45, 7) is 5.23. The minimum atomic E-state index is 0. The van der Waals surface area contributed by atoms with Gasteiger partial charge >= 0.3 is 0 Å². The molecule has 1 aromatic rings. The van der Waals surface area contributed by atoms with Gasteiger partial charge in [-0.05, 0) is 37.6 Å². The third-order valence-electron chi connectivity index (χ3n) is 2.90. The molecule has 0 saturated heterocycles. The van der Waals surface area contributed by atoms with E-state index in [9.17, 15) is 0 Å². The molecule has 0 fully saturated rings. The monoisotopic (exact) mass is 319 g/mol. The number of methoxy groups -OCH3 is 3. The van der Waals surface area contributed by atoms with Crippen LogP contribution in [0.15, 0.2) is 12.1 Å². The van der Waals surface area contributed by atoms with Crippen LogP contribution in [0.1, 0.15) is 18.9 Å². The number of halogens is 1. The van der Waals surface area contributed by atoms with Crippen LogP contribution in [-0.2, 0) is 11.3 Å². The van der Waals surface area contributed by atoms with Crippen molar-refractivity contribution in [2.45, 2.75) is 19.9 Å². The van der Waals surface area contributed by atoms with Crippen LogP contribution in [-0.4, -0.2) is 41.1 Å². The molecule has 0 unspecified atom stereocenters. The number of hydrogen-bond acceptors (Lipinski definition) is 5. The van der Waals surface area contributed by atoms with Gasteiger partial charge in [-0.25, -0.2) is 0 Å². The maximum absolute atomic E-state index is 5.33. The molecule has 0 amide bonds. The highest BCUT2D eigenvalue weighted by molar-refractivity contribution is 5.85. The Morgan fingerprint density at radius 3 is 2.10 bits per heavy atom. The predicted molar refractivity (Wildman–Crippen MR) is 86.2 cm³/mol. The molecule has 0 atom stereocenters. The van der Waals surface area contributed by atoms with E-state index >= 15 is 0 Å². The molecule has 0 radical (unpaired) electrons. The number of rotatable bonds is 10. The molecule has 1 aromatic carbocycles. The van der Waals surface area contributed by atoms with Crippen molar-refractivity contribution in [1.29, 1.82) is 0 Å². The first kappa shape index (κ1) is 19.8. The smallest absolute Gasteiger partial charge is 0.203 e. The fourth-order valence-electron chi connectivity index (χ4n) is 1.91. The van der Waals surface area contributed by atoms with Crippen molar-refractivity contribution in [3.8, 4) is 17.2 Å². The van der Waals surface area contributed by atoms with Crippen molar-refractivity contribution in [1.82, 2.24) is 5.32 Å². The minimum absolute atomic E-state index is 0. The van der Waals surface area contributed by atoms with Crippen LogP contribution >= 0.6 is 12.4 Å². The summed E-state index contributed by atoms with van der Waals surface area (Å²) < 4.78 is 21.2. The summed E-state index contributed by atoms with van der Waals surface area (Å²) >= 11 is 0. The SMILES string of the molecule is CCOCCCNCc1cc(OC)c(OC)c(OC)c1.Cl. The van der Waals surface area contributed by atoms with Crippen LogP contribution in [0.25, 0.3) is 0 Å². The van der Waals surface area contributed by atoms with Crippen LogP contribution in [0.3, 0.4) is 0 Å².